The number of hydrogen-bond donors (Lipinski definition) is 0. The molecule has 3 heterocycles. The van der Waals surface area contributed by atoms with Crippen LogP contribution in [-0.4, -0.2) is 44.0 Å². The van der Waals surface area contributed by atoms with Crippen LogP contribution < -0.4 is 0 Å². The maximum absolute atomic E-state index is 5.68. The lowest BCUT2D eigenvalue weighted by Crippen LogP contribution is -2.30. The number of hydrogen-bond acceptors (Lipinski definition) is 4. The van der Waals surface area contributed by atoms with E-state index >= 15 is 0 Å². The molecule has 1 unspecified atom stereocenters. The summed E-state index contributed by atoms with van der Waals surface area (Å²) in [4.78, 5) is 6.91. The molecule has 0 saturated carbocycles. The summed E-state index contributed by atoms with van der Waals surface area (Å²) in [5, 5.41) is 4.25. The Morgan fingerprint density at radius 2 is 2.36 bits per heavy atom. The molecule has 2 aromatic rings. The van der Waals surface area contributed by atoms with E-state index in [1.807, 2.05) is 24.1 Å². The molecule has 0 aliphatic carbocycles. The van der Waals surface area contributed by atoms with Crippen molar-refractivity contribution in [2.24, 2.45) is 13.0 Å². The van der Waals surface area contributed by atoms with Gasteiger partial charge in [0.05, 0.1) is 26.0 Å². The number of aryl methyl sites for hydroxylation is 1. The standard InChI is InChI=1S/C16H23N5O/c1-3-6-22-13-15-10-20(9-14-7-18-19(2)8-14)12-16-17-4-5-21(16)11-15/h3-5,7-8,15H,1,6,9-13H2,2H3. The van der Waals surface area contributed by atoms with Crippen LogP contribution in [0, 0.1) is 5.92 Å². The summed E-state index contributed by atoms with van der Waals surface area (Å²) in [5.74, 6) is 1.57. The summed E-state index contributed by atoms with van der Waals surface area (Å²) < 4.78 is 9.76. The van der Waals surface area contributed by atoms with Gasteiger partial charge >= 0.3 is 0 Å². The largest absolute Gasteiger partial charge is 0.377 e. The molecule has 1 aliphatic heterocycles. The van der Waals surface area contributed by atoms with Crippen LogP contribution in [-0.2, 0) is 31.4 Å². The Morgan fingerprint density at radius 1 is 1.45 bits per heavy atom. The zero-order valence-electron chi connectivity index (χ0n) is 13.1. The smallest absolute Gasteiger partial charge is 0.122 e. The average molecular weight is 301 g/mol. The van der Waals surface area contributed by atoms with Crippen molar-refractivity contribution in [3.63, 3.8) is 0 Å². The molecule has 0 bridgehead atoms. The van der Waals surface area contributed by atoms with Crippen LogP contribution in [0.3, 0.4) is 0 Å². The highest BCUT2D eigenvalue weighted by Gasteiger charge is 2.22. The van der Waals surface area contributed by atoms with Gasteiger partial charge in [0.1, 0.15) is 5.82 Å². The maximum Gasteiger partial charge on any atom is 0.122 e. The summed E-state index contributed by atoms with van der Waals surface area (Å²) in [6.07, 6.45) is 9.74. The van der Waals surface area contributed by atoms with E-state index in [1.54, 1.807) is 6.08 Å². The third kappa shape index (κ3) is 3.64. The number of rotatable bonds is 6. The molecule has 22 heavy (non-hydrogen) atoms. The number of nitrogens with zero attached hydrogens (tertiary/aromatic N) is 5. The third-order valence-electron chi connectivity index (χ3n) is 3.89. The van der Waals surface area contributed by atoms with Crippen LogP contribution in [0.4, 0.5) is 0 Å². The molecule has 6 nitrogen and oxygen atoms in total. The minimum Gasteiger partial charge on any atom is -0.377 e. The number of fused-ring (bicyclic) bond motifs is 1. The quantitative estimate of drug-likeness (QED) is 0.598. The first kappa shape index (κ1) is 15.0. The summed E-state index contributed by atoms with van der Waals surface area (Å²) in [6, 6.07) is 0. The molecule has 1 atom stereocenters. The fourth-order valence-corrected chi connectivity index (χ4v) is 2.98. The van der Waals surface area contributed by atoms with Gasteiger partial charge in [-0.3, -0.25) is 9.58 Å². The molecule has 0 N–H and O–H groups in total. The second-order valence-corrected chi connectivity index (χ2v) is 5.88. The Hall–Kier alpha value is -1.92. The van der Waals surface area contributed by atoms with Gasteiger partial charge in [0.2, 0.25) is 0 Å². The molecule has 6 heteroatoms. The van der Waals surface area contributed by atoms with Crippen molar-refractivity contribution in [3.05, 3.63) is 48.8 Å². The maximum atomic E-state index is 5.68. The van der Waals surface area contributed by atoms with Crippen LogP contribution >= 0.6 is 0 Å². The fraction of sp³-hybridized carbons (Fsp3) is 0.500. The Morgan fingerprint density at radius 3 is 3.14 bits per heavy atom. The van der Waals surface area contributed by atoms with E-state index < -0.39 is 0 Å². The lowest BCUT2D eigenvalue weighted by molar-refractivity contribution is 0.0943. The molecule has 3 rings (SSSR count). The van der Waals surface area contributed by atoms with Crippen molar-refractivity contribution in [2.75, 3.05) is 19.8 Å². The Labute approximate surface area is 131 Å². The van der Waals surface area contributed by atoms with E-state index in [9.17, 15) is 0 Å². The summed E-state index contributed by atoms with van der Waals surface area (Å²) in [6.45, 7) is 8.75. The highest BCUT2D eigenvalue weighted by atomic mass is 16.5. The van der Waals surface area contributed by atoms with E-state index in [1.165, 1.54) is 5.56 Å². The molecule has 118 valence electrons. The van der Waals surface area contributed by atoms with Crippen molar-refractivity contribution < 1.29 is 4.74 Å². The molecule has 0 saturated heterocycles. The van der Waals surface area contributed by atoms with Crippen LogP contribution in [0.2, 0.25) is 0 Å². The van der Waals surface area contributed by atoms with E-state index in [4.69, 9.17) is 4.74 Å². The molecule has 1 aliphatic rings. The van der Waals surface area contributed by atoms with Gasteiger partial charge in [-0.05, 0) is 0 Å². The first-order chi connectivity index (χ1) is 10.7. The second-order valence-electron chi connectivity index (χ2n) is 5.88. The zero-order valence-corrected chi connectivity index (χ0v) is 13.1. The molecule has 0 amide bonds. The minimum atomic E-state index is 0.451. The monoisotopic (exact) mass is 301 g/mol. The molecular formula is C16H23N5O. The van der Waals surface area contributed by atoms with Crippen molar-refractivity contribution in [1.29, 1.82) is 0 Å². The molecule has 0 aromatic carbocycles. The van der Waals surface area contributed by atoms with Crippen LogP contribution in [0.5, 0.6) is 0 Å². The summed E-state index contributed by atoms with van der Waals surface area (Å²) >= 11 is 0. The Kier molecular flexibility index (Phi) is 4.70. The van der Waals surface area contributed by atoms with Crippen molar-refractivity contribution >= 4 is 0 Å². The number of imidazole rings is 1. The van der Waals surface area contributed by atoms with Gasteiger partial charge in [0.25, 0.3) is 0 Å². The first-order valence-corrected chi connectivity index (χ1v) is 7.63. The van der Waals surface area contributed by atoms with Gasteiger partial charge in [-0.25, -0.2) is 4.98 Å². The number of aromatic nitrogens is 4. The average Bonchev–Trinajstić information content (AvgIpc) is 3.05. The van der Waals surface area contributed by atoms with Gasteiger partial charge < -0.3 is 9.30 Å². The SMILES string of the molecule is C=CCOCC1CN(Cc2cnn(C)c2)Cc2nccn2C1. The Balaban J connectivity index is 1.70. The molecule has 0 spiro atoms. The Bertz CT molecular complexity index is 618. The van der Waals surface area contributed by atoms with E-state index in [-0.39, 0.29) is 0 Å². The topological polar surface area (TPSA) is 48.1 Å². The normalized spacial score (nSPS) is 18.9. The molecule has 0 radical (unpaired) electrons. The van der Waals surface area contributed by atoms with Gasteiger partial charge in [-0.2, -0.15) is 5.10 Å². The van der Waals surface area contributed by atoms with Gasteiger partial charge in [0, 0.05) is 56.8 Å². The van der Waals surface area contributed by atoms with E-state index in [2.05, 4.69) is 38.5 Å². The van der Waals surface area contributed by atoms with Crippen LogP contribution in [0.25, 0.3) is 0 Å². The third-order valence-corrected chi connectivity index (χ3v) is 3.89. The minimum absolute atomic E-state index is 0.451. The lowest BCUT2D eigenvalue weighted by Gasteiger charge is -2.23. The fourth-order valence-electron chi connectivity index (χ4n) is 2.98. The second kappa shape index (κ2) is 6.89. The summed E-state index contributed by atoms with van der Waals surface area (Å²) in [5.41, 5.74) is 1.23. The van der Waals surface area contributed by atoms with Gasteiger partial charge in [-0.15, -0.1) is 6.58 Å². The van der Waals surface area contributed by atoms with Crippen molar-refractivity contribution in [2.45, 2.75) is 19.6 Å². The molecule has 0 fully saturated rings. The molecular weight excluding hydrogens is 278 g/mol. The molecule has 2 aromatic heterocycles. The van der Waals surface area contributed by atoms with E-state index in [0.717, 1.165) is 38.6 Å². The zero-order chi connectivity index (χ0) is 15.4. The highest BCUT2D eigenvalue weighted by molar-refractivity contribution is 5.05. The first-order valence-electron chi connectivity index (χ1n) is 7.63. The van der Waals surface area contributed by atoms with Crippen molar-refractivity contribution in [1.82, 2.24) is 24.2 Å². The van der Waals surface area contributed by atoms with Gasteiger partial charge in [0.15, 0.2) is 0 Å². The predicted octanol–water partition coefficient (Wildman–Crippen LogP) is 1.45. The van der Waals surface area contributed by atoms with Crippen LogP contribution in [0.1, 0.15) is 11.4 Å². The van der Waals surface area contributed by atoms with Gasteiger partial charge in [-0.1, -0.05) is 6.08 Å². The summed E-state index contributed by atoms with van der Waals surface area (Å²) in [7, 11) is 1.95. The van der Waals surface area contributed by atoms with E-state index in [0.29, 0.717) is 12.5 Å². The number of ether oxygens (including phenoxy) is 1. The highest BCUT2D eigenvalue weighted by Crippen LogP contribution is 2.18. The van der Waals surface area contributed by atoms with Crippen molar-refractivity contribution in [3.8, 4) is 0 Å². The predicted molar refractivity (Wildman–Crippen MR) is 84.1 cm³/mol. The van der Waals surface area contributed by atoms with Crippen LogP contribution in [0.15, 0.2) is 37.4 Å². The lowest BCUT2D eigenvalue weighted by atomic mass is 10.1.